The summed E-state index contributed by atoms with van der Waals surface area (Å²) in [6.07, 6.45) is 1.22. The van der Waals surface area contributed by atoms with Crippen LogP contribution >= 0.6 is 0 Å². The van der Waals surface area contributed by atoms with Crippen LogP contribution in [0.25, 0.3) is 0 Å². The molecule has 0 saturated carbocycles. The zero-order valence-electron chi connectivity index (χ0n) is 19.2. The molecule has 0 radical (unpaired) electrons. The van der Waals surface area contributed by atoms with Crippen molar-refractivity contribution in [1.82, 2.24) is 8.61 Å². The van der Waals surface area contributed by atoms with Gasteiger partial charge < -0.3 is 4.90 Å². The monoisotopic (exact) mass is 479 g/mol. The molecule has 0 aliphatic carbocycles. The Morgan fingerprint density at radius 3 is 1.91 bits per heavy atom. The predicted octanol–water partition coefficient (Wildman–Crippen LogP) is 3.18. The minimum absolute atomic E-state index is 0.182. The molecule has 9 heteroatoms. The second kappa shape index (κ2) is 9.91. The number of anilines is 1. The van der Waals surface area contributed by atoms with Crippen molar-refractivity contribution in [3.05, 3.63) is 60.2 Å². The van der Waals surface area contributed by atoms with E-state index in [1.165, 1.54) is 10.6 Å². The molecule has 3 rings (SSSR count). The van der Waals surface area contributed by atoms with Crippen molar-refractivity contribution in [2.45, 2.75) is 31.7 Å². The first-order chi connectivity index (χ1) is 15.0. The molecule has 176 valence electrons. The van der Waals surface area contributed by atoms with E-state index in [1.807, 2.05) is 63.2 Å². The van der Waals surface area contributed by atoms with Gasteiger partial charge in [0.2, 0.25) is 20.0 Å². The molecule has 1 heterocycles. The third-order valence-electron chi connectivity index (χ3n) is 5.78. The van der Waals surface area contributed by atoms with Gasteiger partial charge in [0.05, 0.1) is 11.2 Å². The first kappa shape index (κ1) is 24.7. The van der Waals surface area contributed by atoms with Gasteiger partial charge in [-0.15, -0.1) is 0 Å². The number of sulfonamides is 2. The largest absolute Gasteiger partial charge is 0.369 e. The molecule has 1 atom stereocenters. The Balaban J connectivity index is 1.81. The summed E-state index contributed by atoms with van der Waals surface area (Å²) >= 11 is 0. The summed E-state index contributed by atoms with van der Waals surface area (Å²) < 4.78 is 53.6. The second-order valence-electron chi connectivity index (χ2n) is 8.70. The molecule has 1 aliphatic heterocycles. The van der Waals surface area contributed by atoms with E-state index in [0.717, 1.165) is 11.3 Å². The maximum Gasteiger partial charge on any atom is 0.243 e. The molecule has 1 saturated heterocycles. The minimum Gasteiger partial charge on any atom is -0.369 e. The van der Waals surface area contributed by atoms with E-state index in [0.29, 0.717) is 32.7 Å². The first-order valence-corrected chi connectivity index (χ1v) is 14.2. The Hall–Kier alpha value is -1.94. The molecule has 0 bridgehead atoms. The number of benzene rings is 2. The Kier molecular flexibility index (Phi) is 7.65. The van der Waals surface area contributed by atoms with Gasteiger partial charge in [-0.2, -0.15) is 8.61 Å². The topological polar surface area (TPSA) is 78.0 Å². The molecule has 0 amide bonds. The standard InChI is InChI=1S/C23H33N3O4S2/c1-19(2)18-26(20(3)21-8-6-5-7-9-21)32(29,30)23-12-10-22(11-13-23)24-14-16-25(17-15-24)31(4,27)28/h5-13,19-20H,14-18H2,1-4H3/t20-/m1/s1. The fourth-order valence-electron chi connectivity index (χ4n) is 3.96. The van der Waals surface area contributed by atoms with Crippen LogP contribution in [0.5, 0.6) is 0 Å². The van der Waals surface area contributed by atoms with Crippen molar-refractivity contribution in [3.63, 3.8) is 0 Å². The van der Waals surface area contributed by atoms with Crippen molar-refractivity contribution in [2.75, 3.05) is 43.9 Å². The molecule has 2 aromatic carbocycles. The smallest absolute Gasteiger partial charge is 0.243 e. The first-order valence-electron chi connectivity index (χ1n) is 10.9. The molecule has 0 spiro atoms. The van der Waals surface area contributed by atoms with Crippen LogP contribution < -0.4 is 4.90 Å². The average molecular weight is 480 g/mol. The van der Waals surface area contributed by atoms with Gasteiger partial charge in [-0.3, -0.25) is 0 Å². The maximum absolute atomic E-state index is 13.6. The van der Waals surface area contributed by atoms with Crippen molar-refractivity contribution in [1.29, 1.82) is 0 Å². The quantitative estimate of drug-likeness (QED) is 0.581. The highest BCUT2D eigenvalue weighted by molar-refractivity contribution is 7.89. The average Bonchev–Trinajstić information content (AvgIpc) is 2.77. The summed E-state index contributed by atoms with van der Waals surface area (Å²) in [4.78, 5) is 2.34. The summed E-state index contributed by atoms with van der Waals surface area (Å²) in [7, 11) is -6.88. The van der Waals surface area contributed by atoms with E-state index in [-0.39, 0.29) is 16.9 Å². The van der Waals surface area contributed by atoms with Gasteiger partial charge >= 0.3 is 0 Å². The molecule has 32 heavy (non-hydrogen) atoms. The fourth-order valence-corrected chi connectivity index (χ4v) is 6.57. The second-order valence-corrected chi connectivity index (χ2v) is 12.6. The highest BCUT2D eigenvalue weighted by Crippen LogP contribution is 2.29. The highest BCUT2D eigenvalue weighted by atomic mass is 32.2. The van der Waals surface area contributed by atoms with Gasteiger partial charge in [0.15, 0.2) is 0 Å². The summed E-state index contributed by atoms with van der Waals surface area (Å²) in [5.41, 5.74) is 1.85. The van der Waals surface area contributed by atoms with Crippen LogP contribution in [0.4, 0.5) is 5.69 Å². The van der Waals surface area contributed by atoms with Crippen molar-refractivity contribution in [2.24, 2.45) is 5.92 Å². The van der Waals surface area contributed by atoms with Gasteiger partial charge in [-0.25, -0.2) is 16.8 Å². The van der Waals surface area contributed by atoms with Crippen molar-refractivity contribution in [3.8, 4) is 0 Å². The Morgan fingerprint density at radius 1 is 0.844 bits per heavy atom. The minimum atomic E-state index is -3.69. The van der Waals surface area contributed by atoms with Gasteiger partial charge in [0.25, 0.3) is 0 Å². The highest BCUT2D eigenvalue weighted by Gasteiger charge is 2.31. The fraction of sp³-hybridized carbons (Fsp3) is 0.478. The Morgan fingerprint density at radius 2 is 1.41 bits per heavy atom. The van der Waals surface area contributed by atoms with E-state index in [1.54, 1.807) is 16.4 Å². The summed E-state index contributed by atoms with van der Waals surface area (Å²) in [6.45, 7) is 8.37. The lowest BCUT2D eigenvalue weighted by atomic mass is 10.1. The molecular formula is C23H33N3O4S2. The van der Waals surface area contributed by atoms with Crippen LogP contribution in [0.1, 0.15) is 32.4 Å². The SMILES string of the molecule is CC(C)CN([C@H](C)c1ccccc1)S(=O)(=O)c1ccc(N2CCN(S(C)(=O)=O)CC2)cc1. The van der Waals surface area contributed by atoms with Crippen LogP contribution in [0.15, 0.2) is 59.5 Å². The number of rotatable bonds is 8. The lowest BCUT2D eigenvalue weighted by Gasteiger charge is -2.35. The maximum atomic E-state index is 13.6. The van der Waals surface area contributed by atoms with Gasteiger partial charge in [-0.1, -0.05) is 44.2 Å². The zero-order chi connectivity index (χ0) is 23.5. The van der Waals surface area contributed by atoms with E-state index in [9.17, 15) is 16.8 Å². The van der Waals surface area contributed by atoms with E-state index >= 15 is 0 Å². The number of hydrogen-bond donors (Lipinski definition) is 0. The molecule has 2 aromatic rings. The number of hydrogen-bond acceptors (Lipinski definition) is 5. The van der Waals surface area contributed by atoms with Crippen molar-refractivity contribution >= 4 is 25.7 Å². The van der Waals surface area contributed by atoms with Crippen LogP contribution in [0, 0.1) is 5.92 Å². The molecule has 7 nitrogen and oxygen atoms in total. The summed E-state index contributed by atoms with van der Waals surface area (Å²) in [5.74, 6) is 0.182. The molecule has 0 unspecified atom stereocenters. The molecular weight excluding hydrogens is 446 g/mol. The Labute approximate surface area is 192 Å². The van der Waals surface area contributed by atoms with Crippen LogP contribution in [0.3, 0.4) is 0 Å². The Bertz CT molecular complexity index is 1090. The summed E-state index contributed by atoms with van der Waals surface area (Å²) in [6, 6.07) is 16.3. The van der Waals surface area contributed by atoms with Gasteiger partial charge in [-0.05, 0) is 42.7 Å². The third kappa shape index (κ3) is 5.70. The lowest BCUT2D eigenvalue weighted by molar-refractivity contribution is 0.308. The van der Waals surface area contributed by atoms with E-state index in [2.05, 4.69) is 4.90 Å². The van der Waals surface area contributed by atoms with Crippen LogP contribution in [0.2, 0.25) is 0 Å². The van der Waals surface area contributed by atoms with Crippen LogP contribution in [-0.2, 0) is 20.0 Å². The lowest BCUT2D eigenvalue weighted by Crippen LogP contribution is -2.48. The van der Waals surface area contributed by atoms with E-state index in [4.69, 9.17) is 0 Å². The molecule has 0 aromatic heterocycles. The zero-order valence-corrected chi connectivity index (χ0v) is 20.8. The predicted molar refractivity (Wildman–Crippen MR) is 129 cm³/mol. The normalized spacial score (nSPS) is 17.1. The molecule has 1 aliphatic rings. The third-order valence-corrected chi connectivity index (χ3v) is 9.03. The number of nitrogens with zero attached hydrogens (tertiary/aromatic N) is 3. The number of piperazine rings is 1. The van der Waals surface area contributed by atoms with Gasteiger partial charge in [0, 0.05) is 44.5 Å². The van der Waals surface area contributed by atoms with E-state index < -0.39 is 20.0 Å². The molecule has 1 fully saturated rings. The van der Waals surface area contributed by atoms with Crippen LogP contribution in [-0.4, -0.2) is 64.4 Å². The van der Waals surface area contributed by atoms with Gasteiger partial charge in [0.1, 0.15) is 0 Å². The molecule has 0 N–H and O–H groups in total. The van der Waals surface area contributed by atoms with Crippen molar-refractivity contribution < 1.29 is 16.8 Å². The summed E-state index contributed by atoms with van der Waals surface area (Å²) in [5, 5.41) is 0.